The molecule has 0 saturated heterocycles. The molecule has 0 radical (unpaired) electrons. The van der Waals surface area contributed by atoms with Crippen LogP contribution in [0.2, 0.25) is 0 Å². The van der Waals surface area contributed by atoms with Crippen molar-refractivity contribution >= 4 is 18.1 Å². The van der Waals surface area contributed by atoms with E-state index in [4.69, 9.17) is 9.47 Å². The zero-order valence-electron chi connectivity index (χ0n) is 12.7. The van der Waals surface area contributed by atoms with Crippen LogP contribution in [0, 0.1) is 0 Å². The minimum Gasteiger partial charge on any atom is -0.496 e. The van der Waals surface area contributed by atoms with Gasteiger partial charge in [0.25, 0.3) is 0 Å². The van der Waals surface area contributed by atoms with Crippen LogP contribution in [-0.2, 0) is 9.53 Å². The highest BCUT2D eigenvalue weighted by Crippen LogP contribution is 2.21. The summed E-state index contributed by atoms with van der Waals surface area (Å²) in [4.78, 5) is 23.5. The third-order valence-electron chi connectivity index (χ3n) is 3.32. The standard InChI is InChI=1S/C16H18N2O4/c1-10-14(15(19)22-3)12(18-16(20)17-10)9-8-11-6-4-5-7-13(11)21-2/h4-9,12H,1-3H3,(H2,17,18,20)/b9-8+. The Morgan fingerprint density at radius 2 is 2.00 bits per heavy atom. The zero-order valence-corrected chi connectivity index (χ0v) is 12.7. The Labute approximate surface area is 128 Å². The summed E-state index contributed by atoms with van der Waals surface area (Å²) < 4.78 is 10.0. The number of amides is 2. The number of hydrogen-bond acceptors (Lipinski definition) is 4. The van der Waals surface area contributed by atoms with Crippen molar-refractivity contribution in [2.75, 3.05) is 14.2 Å². The molecular formula is C16H18N2O4. The van der Waals surface area contributed by atoms with Gasteiger partial charge in [0.2, 0.25) is 0 Å². The van der Waals surface area contributed by atoms with Crippen LogP contribution in [0.25, 0.3) is 6.08 Å². The molecular weight excluding hydrogens is 284 g/mol. The molecule has 1 aromatic carbocycles. The maximum atomic E-state index is 11.9. The number of methoxy groups -OCH3 is 2. The predicted octanol–water partition coefficient (Wildman–Crippen LogP) is 1.84. The van der Waals surface area contributed by atoms with Crippen molar-refractivity contribution in [3.8, 4) is 5.75 Å². The van der Waals surface area contributed by atoms with Crippen LogP contribution in [-0.4, -0.2) is 32.3 Å². The highest BCUT2D eigenvalue weighted by Gasteiger charge is 2.28. The Morgan fingerprint density at radius 1 is 1.27 bits per heavy atom. The van der Waals surface area contributed by atoms with Crippen LogP contribution in [0.4, 0.5) is 4.79 Å². The normalized spacial score (nSPS) is 18.0. The Bertz CT molecular complexity index is 649. The monoisotopic (exact) mass is 302 g/mol. The van der Waals surface area contributed by atoms with Crippen molar-refractivity contribution in [2.24, 2.45) is 0 Å². The number of ether oxygens (including phenoxy) is 2. The topological polar surface area (TPSA) is 76.7 Å². The molecule has 0 aromatic heterocycles. The van der Waals surface area contributed by atoms with Gasteiger partial charge >= 0.3 is 12.0 Å². The Hall–Kier alpha value is -2.76. The molecule has 1 aliphatic rings. The average Bonchev–Trinajstić information content (AvgIpc) is 2.52. The first-order chi connectivity index (χ1) is 10.6. The first-order valence-electron chi connectivity index (χ1n) is 6.74. The molecule has 0 saturated carbocycles. The number of allylic oxidation sites excluding steroid dienone is 1. The molecule has 2 amide bonds. The zero-order chi connectivity index (χ0) is 16.1. The molecule has 1 aliphatic heterocycles. The van der Waals surface area contributed by atoms with Gasteiger partial charge in [-0.05, 0) is 13.0 Å². The third-order valence-corrected chi connectivity index (χ3v) is 3.32. The summed E-state index contributed by atoms with van der Waals surface area (Å²) in [5.74, 6) is 0.221. The van der Waals surface area contributed by atoms with E-state index in [2.05, 4.69) is 10.6 Å². The van der Waals surface area contributed by atoms with E-state index in [-0.39, 0.29) is 6.03 Å². The molecule has 22 heavy (non-hydrogen) atoms. The van der Waals surface area contributed by atoms with E-state index in [0.717, 1.165) is 5.56 Å². The van der Waals surface area contributed by atoms with Gasteiger partial charge in [-0.3, -0.25) is 0 Å². The van der Waals surface area contributed by atoms with Crippen molar-refractivity contribution in [1.29, 1.82) is 0 Å². The molecule has 0 aliphatic carbocycles. The SMILES string of the molecule is COC(=O)C1=C(C)NC(=O)NC1/C=C/c1ccccc1OC. The van der Waals surface area contributed by atoms with E-state index in [0.29, 0.717) is 17.0 Å². The average molecular weight is 302 g/mol. The van der Waals surface area contributed by atoms with Gasteiger partial charge in [-0.25, -0.2) is 9.59 Å². The van der Waals surface area contributed by atoms with Crippen LogP contribution in [0.3, 0.4) is 0 Å². The van der Waals surface area contributed by atoms with Gasteiger partial charge in [0.1, 0.15) is 5.75 Å². The molecule has 0 bridgehead atoms. The maximum absolute atomic E-state index is 11.9. The van der Waals surface area contributed by atoms with Gasteiger partial charge in [0.15, 0.2) is 0 Å². The Kier molecular flexibility index (Phi) is 4.83. The molecule has 1 unspecified atom stereocenters. The summed E-state index contributed by atoms with van der Waals surface area (Å²) in [5.41, 5.74) is 1.69. The molecule has 2 rings (SSSR count). The summed E-state index contributed by atoms with van der Waals surface area (Å²) in [7, 11) is 2.89. The van der Waals surface area contributed by atoms with E-state index in [1.807, 2.05) is 24.3 Å². The van der Waals surface area contributed by atoms with E-state index in [9.17, 15) is 9.59 Å². The Morgan fingerprint density at radius 3 is 2.68 bits per heavy atom. The number of nitrogens with one attached hydrogen (secondary N) is 2. The molecule has 0 fully saturated rings. The summed E-state index contributed by atoms with van der Waals surface area (Å²) >= 11 is 0. The number of urea groups is 1. The van der Waals surface area contributed by atoms with Crippen LogP contribution in [0.1, 0.15) is 12.5 Å². The van der Waals surface area contributed by atoms with E-state index in [1.165, 1.54) is 7.11 Å². The lowest BCUT2D eigenvalue weighted by Gasteiger charge is -2.25. The number of esters is 1. The van der Waals surface area contributed by atoms with Crippen molar-refractivity contribution in [3.63, 3.8) is 0 Å². The van der Waals surface area contributed by atoms with Crippen molar-refractivity contribution in [2.45, 2.75) is 13.0 Å². The summed E-state index contributed by atoms with van der Waals surface area (Å²) in [6.45, 7) is 1.66. The van der Waals surface area contributed by atoms with Gasteiger partial charge in [0, 0.05) is 11.3 Å². The lowest BCUT2D eigenvalue weighted by atomic mass is 10.0. The van der Waals surface area contributed by atoms with E-state index < -0.39 is 12.0 Å². The molecule has 1 atom stereocenters. The number of rotatable bonds is 4. The summed E-state index contributed by atoms with van der Waals surface area (Å²) in [5, 5.41) is 5.25. The quantitative estimate of drug-likeness (QED) is 0.832. The largest absolute Gasteiger partial charge is 0.496 e. The smallest absolute Gasteiger partial charge is 0.337 e. The molecule has 0 spiro atoms. The van der Waals surface area contributed by atoms with Gasteiger partial charge in [-0.1, -0.05) is 30.4 Å². The molecule has 6 heteroatoms. The number of para-hydroxylation sites is 1. The number of carbonyl (C=O) groups excluding carboxylic acids is 2. The first kappa shape index (κ1) is 15.6. The maximum Gasteiger partial charge on any atom is 0.337 e. The second-order valence-corrected chi connectivity index (χ2v) is 4.71. The molecule has 1 aromatic rings. The van der Waals surface area contributed by atoms with Crippen LogP contribution < -0.4 is 15.4 Å². The Balaban J connectivity index is 2.33. The molecule has 1 heterocycles. The van der Waals surface area contributed by atoms with Gasteiger partial charge in [-0.15, -0.1) is 0 Å². The van der Waals surface area contributed by atoms with Crippen molar-refractivity contribution < 1.29 is 19.1 Å². The molecule has 6 nitrogen and oxygen atoms in total. The minimum atomic E-state index is -0.564. The summed E-state index contributed by atoms with van der Waals surface area (Å²) in [6, 6.07) is 6.54. The van der Waals surface area contributed by atoms with E-state index >= 15 is 0 Å². The van der Waals surface area contributed by atoms with Crippen LogP contribution >= 0.6 is 0 Å². The van der Waals surface area contributed by atoms with Gasteiger partial charge in [0.05, 0.1) is 25.8 Å². The summed E-state index contributed by atoms with van der Waals surface area (Å²) in [6.07, 6.45) is 3.53. The molecule has 2 N–H and O–H groups in total. The fraction of sp³-hybridized carbons (Fsp3) is 0.250. The van der Waals surface area contributed by atoms with E-state index in [1.54, 1.807) is 26.2 Å². The van der Waals surface area contributed by atoms with Crippen LogP contribution in [0.15, 0.2) is 41.6 Å². The first-order valence-corrected chi connectivity index (χ1v) is 6.74. The van der Waals surface area contributed by atoms with Gasteiger partial charge in [-0.2, -0.15) is 0 Å². The molecule has 116 valence electrons. The van der Waals surface area contributed by atoms with Crippen molar-refractivity contribution in [1.82, 2.24) is 10.6 Å². The lowest BCUT2D eigenvalue weighted by molar-refractivity contribution is -0.136. The second-order valence-electron chi connectivity index (χ2n) is 4.71. The highest BCUT2D eigenvalue weighted by atomic mass is 16.5. The second kappa shape index (κ2) is 6.80. The third kappa shape index (κ3) is 3.28. The minimum absolute atomic E-state index is 0.361. The van der Waals surface area contributed by atoms with Crippen LogP contribution in [0.5, 0.6) is 5.75 Å². The number of carbonyl (C=O) groups is 2. The van der Waals surface area contributed by atoms with Crippen molar-refractivity contribution in [3.05, 3.63) is 47.2 Å². The number of hydrogen-bond donors (Lipinski definition) is 2. The lowest BCUT2D eigenvalue weighted by Crippen LogP contribution is -2.49. The highest BCUT2D eigenvalue weighted by molar-refractivity contribution is 5.95. The fourth-order valence-corrected chi connectivity index (χ4v) is 2.26. The number of benzene rings is 1. The predicted molar refractivity (Wildman–Crippen MR) is 82.2 cm³/mol. The van der Waals surface area contributed by atoms with Gasteiger partial charge < -0.3 is 20.1 Å². The fourth-order valence-electron chi connectivity index (χ4n) is 2.26.